The number of carbonyl (C=O) groups is 3. The zero-order chi connectivity index (χ0) is 23.9. The van der Waals surface area contributed by atoms with Gasteiger partial charge in [0.05, 0.1) is 26.1 Å². The zero-order valence-corrected chi connectivity index (χ0v) is 20.1. The molecule has 0 unspecified atom stereocenters. The average molecular weight is 459 g/mol. The molecule has 0 rings (SSSR count). The minimum absolute atomic E-state index is 0.0157. The van der Waals surface area contributed by atoms with Gasteiger partial charge >= 0.3 is 11.9 Å². The summed E-state index contributed by atoms with van der Waals surface area (Å²) in [4.78, 5) is 35.2. The summed E-state index contributed by atoms with van der Waals surface area (Å²) >= 11 is 0. The highest BCUT2D eigenvalue weighted by Gasteiger charge is 2.09. The molecule has 0 saturated heterocycles. The van der Waals surface area contributed by atoms with Crippen molar-refractivity contribution in [2.75, 3.05) is 39.4 Å². The number of aliphatic carboxylic acids is 2. The average Bonchev–Trinajstić information content (AvgIpc) is 2.74. The molecule has 0 radical (unpaired) electrons. The van der Waals surface area contributed by atoms with Crippen LogP contribution in [0.25, 0.3) is 0 Å². The summed E-state index contributed by atoms with van der Waals surface area (Å²) < 4.78 is 5.27. The van der Waals surface area contributed by atoms with Crippen molar-refractivity contribution in [3.05, 3.63) is 0 Å². The molecule has 0 spiro atoms. The van der Waals surface area contributed by atoms with Crippen LogP contribution in [0, 0.1) is 0 Å². The number of nitrogens with zero attached hydrogens (tertiary/aromatic N) is 1. The number of carboxylic acid groups (broad SMARTS) is 2. The minimum atomic E-state index is -0.909. The molecule has 0 aliphatic rings. The second-order valence-corrected chi connectivity index (χ2v) is 8.38. The molecule has 32 heavy (non-hydrogen) atoms. The van der Waals surface area contributed by atoms with E-state index in [4.69, 9.17) is 14.9 Å². The van der Waals surface area contributed by atoms with Crippen molar-refractivity contribution in [2.45, 2.75) is 96.8 Å². The van der Waals surface area contributed by atoms with Crippen molar-refractivity contribution in [1.29, 1.82) is 0 Å². The van der Waals surface area contributed by atoms with Crippen LogP contribution < -0.4 is 5.32 Å². The molecule has 0 aromatic rings. The Balaban J connectivity index is 3.74. The Labute approximate surface area is 194 Å². The van der Waals surface area contributed by atoms with Crippen LogP contribution in [0.5, 0.6) is 0 Å². The van der Waals surface area contributed by atoms with Crippen LogP contribution in [0.1, 0.15) is 96.8 Å². The van der Waals surface area contributed by atoms with Gasteiger partial charge in [-0.15, -0.1) is 0 Å². The molecule has 0 aliphatic heterocycles. The SMILES string of the molecule is CCCCCCCCCCCCCC(=O)NCCN(CCOCCC(=O)O)CCC(=O)O. The number of amides is 1. The number of carbonyl (C=O) groups excluding carboxylic acids is 1. The molecule has 8 heteroatoms. The minimum Gasteiger partial charge on any atom is -0.481 e. The first kappa shape index (κ1) is 30.3. The molecule has 3 N–H and O–H groups in total. The van der Waals surface area contributed by atoms with Gasteiger partial charge in [0.25, 0.3) is 0 Å². The van der Waals surface area contributed by atoms with Crippen molar-refractivity contribution >= 4 is 17.8 Å². The van der Waals surface area contributed by atoms with Crippen molar-refractivity contribution < 1.29 is 29.3 Å². The lowest BCUT2D eigenvalue weighted by Gasteiger charge is -2.21. The van der Waals surface area contributed by atoms with E-state index in [1.807, 2.05) is 4.90 Å². The van der Waals surface area contributed by atoms with E-state index in [0.29, 0.717) is 39.2 Å². The fraction of sp³-hybridized carbons (Fsp3) is 0.875. The van der Waals surface area contributed by atoms with E-state index < -0.39 is 11.9 Å². The first-order valence-corrected chi connectivity index (χ1v) is 12.5. The predicted molar refractivity (Wildman–Crippen MR) is 126 cm³/mol. The Morgan fingerprint density at radius 1 is 0.688 bits per heavy atom. The van der Waals surface area contributed by atoms with E-state index in [2.05, 4.69) is 12.2 Å². The van der Waals surface area contributed by atoms with Crippen molar-refractivity contribution in [3.63, 3.8) is 0 Å². The Morgan fingerprint density at radius 2 is 1.25 bits per heavy atom. The van der Waals surface area contributed by atoms with Crippen LogP contribution in [-0.2, 0) is 19.1 Å². The molecule has 1 amide bonds. The lowest BCUT2D eigenvalue weighted by atomic mass is 10.1. The van der Waals surface area contributed by atoms with Crippen molar-refractivity contribution in [3.8, 4) is 0 Å². The van der Waals surface area contributed by atoms with E-state index in [-0.39, 0.29) is 25.4 Å². The molecular weight excluding hydrogens is 412 g/mol. The molecule has 0 saturated carbocycles. The molecule has 0 aromatic carbocycles. The summed E-state index contributed by atoms with van der Waals surface area (Å²) in [7, 11) is 0. The molecule has 0 aliphatic carbocycles. The van der Waals surface area contributed by atoms with Gasteiger partial charge in [0, 0.05) is 32.6 Å². The Kier molecular flexibility index (Phi) is 21.3. The van der Waals surface area contributed by atoms with E-state index in [0.717, 1.165) is 12.8 Å². The van der Waals surface area contributed by atoms with Gasteiger partial charge in [-0.25, -0.2) is 0 Å². The zero-order valence-electron chi connectivity index (χ0n) is 20.1. The fourth-order valence-electron chi connectivity index (χ4n) is 3.44. The third kappa shape index (κ3) is 23.0. The van der Waals surface area contributed by atoms with Crippen LogP contribution in [-0.4, -0.2) is 72.4 Å². The normalized spacial score (nSPS) is 11.1. The third-order valence-corrected chi connectivity index (χ3v) is 5.41. The third-order valence-electron chi connectivity index (χ3n) is 5.41. The summed E-state index contributed by atoms with van der Waals surface area (Å²) in [5, 5.41) is 20.4. The second-order valence-electron chi connectivity index (χ2n) is 8.38. The maximum Gasteiger partial charge on any atom is 0.305 e. The Morgan fingerprint density at radius 3 is 1.81 bits per heavy atom. The largest absolute Gasteiger partial charge is 0.481 e. The summed E-state index contributed by atoms with van der Waals surface area (Å²) in [6.45, 7) is 4.58. The molecule has 0 aromatic heterocycles. The van der Waals surface area contributed by atoms with Crippen LogP contribution in [0.2, 0.25) is 0 Å². The van der Waals surface area contributed by atoms with Crippen LogP contribution in [0.15, 0.2) is 0 Å². The van der Waals surface area contributed by atoms with Gasteiger partial charge in [-0.1, -0.05) is 71.1 Å². The number of carboxylic acids is 2. The molecule has 8 nitrogen and oxygen atoms in total. The lowest BCUT2D eigenvalue weighted by Crippen LogP contribution is -2.37. The highest BCUT2D eigenvalue weighted by atomic mass is 16.5. The smallest absolute Gasteiger partial charge is 0.305 e. The van der Waals surface area contributed by atoms with Gasteiger partial charge < -0.3 is 20.3 Å². The van der Waals surface area contributed by atoms with Gasteiger partial charge in [0.15, 0.2) is 0 Å². The topological polar surface area (TPSA) is 116 Å². The van der Waals surface area contributed by atoms with Crippen LogP contribution in [0.4, 0.5) is 0 Å². The Hall–Kier alpha value is -1.67. The summed E-state index contributed by atoms with van der Waals surface area (Å²) in [5.74, 6) is -1.74. The van der Waals surface area contributed by atoms with Gasteiger partial charge in [-0.2, -0.15) is 0 Å². The Bertz CT molecular complexity index is 487. The quantitative estimate of drug-likeness (QED) is 0.187. The van der Waals surface area contributed by atoms with E-state index in [1.165, 1.54) is 57.8 Å². The number of hydrogen-bond donors (Lipinski definition) is 3. The molecule has 0 fully saturated rings. The highest BCUT2D eigenvalue weighted by molar-refractivity contribution is 5.75. The highest BCUT2D eigenvalue weighted by Crippen LogP contribution is 2.11. The van der Waals surface area contributed by atoms with Gasteiger partial charge in [-0.3, -0.25) is 19.3 Å². The maximum absolute atomic E-state index is 12.0. The predicted octanol–water partition coefficient (Wildman–Crippen LogP) is 4.07. The molecule has 0 atom stereocenters. The second kappa shape index (κ2) is 22.5. The molecule has 0 bridgehead atoms. The van der Waals surface area contributed by atoms with Crippen LogP contribution in [0.3, 0.4) is 0 Å². The number of nitrogens with one attached hydrogen (secondary N) is 1. The maximum atomic E-state index is 12.0. The lowest BCUT2D eigenvalue weighted by molar-refractivity contribution is -0.139. The summed E-state index contributed by atoms with van der Waals surface area (Å²) in [6, 6.07) is 0. The van der Waals surface area contributed by atoms with Gasteiger partial charge in [0.2, 0.25) is 5.91 Å². The molecule has 188 valence electrons. The number of ether oxygens (including phenoxy) is 1. The van der Waals surface area contributed by atoms with Crippen molar-refractivity contribution in [1.82, 2.24) is 10.2 Å². The molecule has 0 heterocycles. The van der Waals surface area contributed by atoms with E-state index >= 15 is 0 Å². The summed E-state index contributed by atoms with van der Waals surface area (Å²) in [6.07, 6.45) is 14.3. The summed E-state index contributed by atoms with van der Waals surface area (Å²) in [5.41, 5.74) is 0. The monoisotopic (exact) mass is 458 g/mol. The molecular formula is C24H46N2O6. The van der Waals surface area contributed by atoms with E-state index in [9.17, 15) is 14.4 Å². The van der Waals surface area contributed by atoms with Gasteiger partial charge in [-0.05, 0) is 6.42 Å². The number of unbranched alkanes of at least 4 members (excludes halogenated alkanes) is 10. The fourth-order valence-corrected chi connectivity index (χ4v) is 3.44. The van der Waals surface area contributed by atoms with Gasteiger partial charge in [0.1, 0.15) is 0 Å². The number of rotatable bonds is 24. The first-order valence-electron chi connectivity index (χ1n) is 12.5. The van der Waals surface area contributed by atoms with Crippen LogP contribution >= 0.6 is 0 Å². The standard InChI is InChI=1S/C24H46N2O6/c1-2-3-4-5-6-7-8-9-10-11-12-13-22(27)25-16-18-26(17-14-23(28)29)19-21-32-20-15-24(30)31/h2-21H2,1H3,(H,25,27)(H,28,29)(H,30,31). The van der Waals surface area contributed by atoms with Crippen molar-refractivity contribution in [2.24, 2.45) is 0 Å². The first-order chi connectivity index (χ1) is 15.5. The number of hydrogen-bond acceptors (Lipinski definition) is 5. The van der Waals surface area contributed by atoms with E-state index in [1.54, 1.807) is 0 Å².